The lowest BCUT2D eigenvalue weighted by atomic mass is 10.0. The summed E-state index contributed by atoms with van der Waals surface area (Å²) in [7, 11) is 0. The first-order chi connectivity index (χ1) is 8.50. The van der Waals surface area contributed by atoms with E-state index in [2.05, 4.69) is 9.97 Å². The summed E-state index contributed by atoms with van der Waals surface area (Å²) < 4.78 is 26.5. The van der Waals surface area contributed by atoms with Gasteiger partial charge < -0.3 is 5.73 Å². The summed E-state index contributed by atoms with van der Waals surface area (Å²) in [4.78, 5) is 8.25. The number of hydrogen-bond acceptors (Lipinski definition) is 3. The second-order valence-corrected chi connectivity index (χ2v) is 4.07. The Morgan fingerprint density at radius 3 is 2.72 bits per heavy atom. The molecule has 0 spiro atoms. The van der Waals surface area contributed by atoms with Crippen LogP contribution in [0.25, 0.3) is 11.3 Å². The van der Waals surface area contributed by atoms with Gasteiger partial charge in [0.1, 0.15) is 0 Å². The van der Waals surface area contributed by atoms with E-state index in [4.69, 9.17) is 5.73 Å². The van der Waals surface area contributed by atoms with Gasteiger partial charge in [0.2, 0.25) is 0 Å². The van der Waals surface area contributed by atoms with Crippen molar-refractivity contribution in [2.75, 3.05) is 0 Å². The van der Waals surface area contributed by atoms with E-state index < -0.39 is 5.92 Å². The zero-order chi connectivity index (χ0) is 13.2. The fraction of sp³-hybridized carbons (Fsp3) is 0.231. The van der Waals surface area contributed by atoms with Crippen LogP contribution >= 0.6 is 0 Å². The number of alkyl halides is 2. The van der Waals surface area contributed by atoms with Gasteiger partial charge in [0.25, 0.3) is 5.92 Å². The molecular weight excluding hydrogens is 236 g/mol. The van der Waals surface area contributed by atoms with Gasteiger partial charge in [-0.25, -0.2) is 13.8 Å². The van der Waals surface area contributed by atoms with Crippen molar-refractivity contribution in [2.45, 2.75) is 19.4 Å². The average Bonchev–Trinajstić information content (AvgIpc) is 2.38. The molecule has 18 heavy (non-hydrogen) atoms. The minimum atomic E-state index is -2.87. The Morgan fingerprint density at radius 1 is 1.28 bits per heavy atom. The Labute approximate surface area is 104 Å². The quantitative estimate of drug-likeness (QED) is 0.909. The van der Waals surface area contributed by atoms with Crippen molar-refractivity contribution in [2.24, 2.45) is 5.73 Å². The molecule has 0 radical (unpaired) electrons. The maximum absolute atomic E-state index is 13.2. The molecule has 0 unspecified atom stereocenters. The van der Waals surface area contributed by atoms with Crippen LogP contribution in [-0.4, -0.2) is 9.97 Å². The monoisotopic (exact) mass is 249 g/mol. The van der Waals surface area contributed by atoms with Gasteiger partial charge in [-0.15, -0.1) is 0 Å². The lowest BCUT2D eigenvalue weighted by Gasteiger charge is -2.11. The van der Waals surface area contributed by atoms with Crippen molar-refractivity contribution in [3.63, 3.8) is 0 Å². The molecule has 0 bridgehead atoms. The molecule has 0 amide bonds. The number of benzene rings is 1. The van der Waals surface area contributed by atoms with Gasteiger partial charge in [0.05, 0.1) is 17.6 Å². The van der Waals surface area contributed by atoms with E-state index >= 15 is 0 Å². The molecule has 0 saturated carbocycles. The van der Waals surface area contributed by atoms with Crippen LogP contribution in [0.3, 0.4) is 0 Å². The molecule has 5 heteroatoms. The van der Waals surface area contributed by atoms with E-state index in [1.807, 2.05) is 0 Å². The molecule has 1 aromatic carbocycles. The molecule has 0 saturated heterocycles. The number of hydrogen-bond donors (Lipinski definition) is 1. The van der Waals surface area contributed by atoms with Crippen molar-refractivity contribution < 1.29 is 8.78 Å². The van der Waals surface area contributed by atoms with Gasteiger partial charge in [-0.3, -0.25) is 4.98 Å². The van der Waals surface area contributed by atoms with Crippen LogP contribution in [0.2, 0.25) is 0 Å². The van der Waals surface area contributed by atoms with Crippen molar-refractivity contribution in [1.29, 1.82) is 0 Å². The number of rotatable bonds is 3. The van der Waals surface area contributed by atoms with Gasteiger partial charge in [-0.05, 0) is 6.07 Å². The Morgan fingerprint density at radius 2 is 2.06 bits per heavy atom. The molecule has 2 N–H and O–H groups in total. The summed E-state index contributed by atoms with van der Waals surface area (Å²) >= 11 is 0. The molecule has 2 rings (SSSR count). The molecule has 3 nitrogen and oxygen atoms in total. The zero-order valence-electron chi connectivity index (χ0n) is 9.90. The summed E-state index contributed by atoms with van der Waals surface area (Å²) in [6.07, 6.45) is 3.09. The topological polar surface area (TPSA) is 51.8 Å². The first kappa shape index (κ1) is 12.6. The minimum Gasteiger partial charge on any atom is -0.325 e. The van der Waals surface area contributed by atoms with Crippen molar-refractivity contribution in [3.8, 4) is 11.3 Å². The molecule has 2 aromatic rings. The SMILES string of the molecule is CC(F)(F)c1cccc(-c2cncc(CN)n2)c1. The highest BCUT2D eigenvalue weighted by Gasteiger charge is 2.24. The third-order valence-electron chi connectivity index (χ3n) is 2.56. The van der Waals surface area contributed by atoms with Crippen LogP contribution < -0.4 is 5.73 Å². The van der Waals surface area contributed by atoms with Gasteiger partial charge in [0.15, 0.2) is 0 Å². The lowest BCUT2D eigenvalue weighted by Crippen LogP contribution is -2.07. The number of halogens is 2. The molecule has 1 heterocycles. The summed E-state index contributed by atoms with van der Waals surface area (Å²) in [5.74, 6) is -2.87. The highest BCUT2D eigenvalue weighted by Crippen LogP contribution is 2.29. The van der Waals surface area contributed by atoms with E-state index in [0.717, 1.165) is 6.92 Å². The summed E-state index contributed by atoms with van der Waals surface area (Å²) in [5.41, 5.74) is 7.21. The van der Waals surface area contributed by atoms with Gasteiger partial charge in [0, 0.05) is 30.8 Å². The molecule has 0 aliphatic heterocycles. The van der Waals surface area contributed by atoms with Crippen LogP contribution in [0.4, 0.5) is 8.78 Å². The minimum absolute atomic E-state index is 0.0417. The molecule has 94 valence electrons. The third kappa shape index (κ3) is 2.68. The van der Waals surface area contributed by atoms with Crippen molar-refractivity contribution >= 4 is 0 Å². The van der Waals surface area contributed by atoms with E-state index in [1.54, 1.807) is 18.3 Å². The average molecular weight is 249 g/mol. The fourth-order valence-electron chi connectivity index (χ4n) is 1.60. The zero-order valence-corrected chi connectivity index (χ0v) is 9.90. The van der Waals surface area contributed by atoms with Gasteiger partial charge in [-0.2, -0.15) is 0 Å². The number of nitrogens with zero attached hydrogens (tertiary/aromatic N) is 2. The number of nitrogens with two attached hydrogens (primary N) is 1. The van der Waals surface area contributed by atoms with Gasteiger partial charge >= 0.3 is 0 Å². The fourth-order valence-corrected chi connectivity index (χ4v) is 1.60. The van der Waals surface area contributed by atoms with E-state index in [-0.39, 0.29) is 12.1 Å². The maximum atomic E-state index is 13.2. The van der Waals surface area contributed by atoms with Gasteiger partial charge in [-0.1, -0.05) is 18.2 Å². The Kier molecular flexibility index (Phi) is 3.34. The third-order valence-corrected chi connectivity index (χ3v) is 2.56. The Balaban J connectivity index is 2.44. The van der Waals surface area contributed by atoms with E-state index in [9.17, 15) is 8.78 Å². The van der Waals surface area contributed by atoms with Crippen LogP contribution in [0.15, 0.2) is 36.7 Å². The standard InChI is InChI=1S/C13H13F2N3/c1-13(14,15)10-4-2-3-9(5-10)12-8-17-7-11(6-16)18-12/h2-5,7-8H,6,16H2,1H3. The van der Waals surface area contributed by atoms with Crippen molar-refractivity contribution in [3.05, 3.63) is 47.9 Å². The second-order valence-electron chi connectivity index (χ2n) is 4.07. The predicted molar refractivity (Wildman–Crippen MR) is 64.9 cm³/mol. The van der Waals surface area contributed by atoms with Crippen LogP contribution in [-0.2, 0) is 12.5 Å². The van der Waals surface area contributed by atoms with E-state index in [1.165, 1.54) is 18.3 Å². The van der Waals surface area contributed by atoms with Crippen LogP contribution in [0.1, 0.15) is 18.2 Å². The normalized spacial score (nSPS) is 11.6. The molecule has 1 aromatic heterocycles. The van der Waals surface area contributed by atoms with Crippen LogP contribution in [0, 0.1) is 0 Å². The highest BCUT2D eigenvalue weighted by molar-refractivity contribution is 5.59. The second kappa shape index (κ2) is 4.78. The van der Waals surface area contributed by atoms with E-state index in [0.29, 0.717) is 17.0 Å². The first-order valence-electron chi connectivity index (χ1n) is 5.50. The van der Waals surface area contributed by atoms with Crippen molar-refractivity contribution in [1.82, 2.24) is 9.97 Å². The lowest BCUT2D eigenvalue weighted by molar-refractivity contribution is 0.0175. The molecular formula is C13H13F2N3. The maximum Gasteiger partial charge on any atom is 0.270 e. The summed E-state index contributed by atoms with van der Waals surface area (Å²) in [5, 5.41) is 0. The number of aromatic nitrogens is 2. The summed E-state index contributed by atoms with van der Waals surface area (Å²) in [6.45, 7) is 1.14. The molecule has 0 atom stereocenters. The molecule has 0 aliphatic rings. The summed E-state index contributed by atoms with van der Waals surface area (Å²) in [6, 6.07) is 6.12. The highest BCUT2D eigenvalue weighted by atomic mass is 19.3. The molecule has 0 fully saturated rings. The largest absolute Gasteiger partial charge is 0.325 e. The van der Waals surface area contributed by atoms with Crippen LogP contribution in [0.5, 0.6) is 0 Å². The molecule has 0 aliphatic carbocycles. The predicted octanol–water partition coefficient (Wildman–Crippen LogP) is 2.71. The Hall–Kier alpha value is -1.88. The Bertz CT molecular complexity index is 550. The first-order valence-corrected chi connectivity index (χ1v) is 5.50. The smallest absolute Gasteiger partial charge is 0.270 e.